The molecule has 0 radical (unpaired) electrons. The second-order valence-electron chi connectivity index (χ2n) is 5.70. The van der Waals surface area contributed by atoms with Gasteiger partial charge in [0.15, 0.2) is 0 Å². The van der Waals surface area contributed by atoms with Crippen LogP contribution < -0.4 is 5.43 Å². The summed E-state index contributed by atoms with van der Waals surface area (Å²) in [5.74, 6) is -0.876. The molecule has 0 saturated carbocycles. The van der Waals surface area contributed by atoms with Crippen LogP contribution in [-0.2, 0) is 6.61 Å². The van der Waals surface area contributed by atoms with Gasteiger partial charge in [0, 0.05) is 17.3 Å². The number of aryl methyl sites for hydroxylation is 1. The van der Waals surface area contributed by atoms with Crippen LogP contribution in [-0.4, -0.2) is 32.4 Å². The number of nitrogens with zero attached hydrogens (tertiary/aromatic N) is 2. The number of hydrogen-bond donors (Lipinski definition) is 4. The summed E-state index contributed by atoms with van der Waals surface area (Å²) in [6.45, 7) is 1.28. The van der Waals surface area contributed by atoms with Crippen molar-refractivity contribution in [1.82, 2.24) is 10.4 Å². The number of pyridine rings is 1. The fourth-order valence-electron chi connectivity index (χ4n) is 2.55. The number of benzene rings is 2. The Balaban J connectivity index is 1.85. The van der Waals surface area contributed by atoms with Crippen molar-refractivity contribution >= 4 is 22.9 Å². The molecule has 7 heteroatoms. The average Bonchev–Trinajstić information content (AvgIpc) is 2.64. The maximum atomic E-state index is 12.3. The fraction of sp³-hybridized carbons (Fsp3) is 0.105. The molecule has 3 rings (SSSR count). The monoisotopic (exact) mass is 351 g/mol. The Bertz CT molecular complexity index is 1020. The zero-order chi connectivity index (χ0) is 18.7. The quantitative estimate of drug-likeness (QED) is 0.425. The van der Waals surface area contributed by atoms with Crippen LogP contribution in [0, 0.1) is 6.92 Å². The molecular weight excluding hydrogens is 334 g/mol. The van der Waals surface area contributed by atoms with Crippen molar-refractivity contribution in [2.24, 2.45) is 5.10 Å². The van der Waals surface area contributed by atoms with Crippen molar-refractivity contribution in [2.45, 2.75) is 13.5 Å². The van der Waals surface area contributed by atoms with Crippen LogP contribution in [0.5, 0.6) is 11.5 Å². The lowest BCUT2D eigenvalue weighted by atomic mass is 10.1. The van der Waals surface area contributed by atoms with Crippen LogP contribution in [0.1, 0.15) is 27.2 Å². The number of aliphatic hydroxyl groups excluding tert-OH is 1. The number of nitrogens with one attached hydrogen (secondary N) is 1. The third-order valence-corrected chi connectivity index (χ3v) is 4.00. The Morgan fingerprint density at radius 1 is 1.23 bits per heavy atom. The SMILES string of the molecule is Cc1ncc(CO)c(/C=N/NC(=O)c2cc3ccccc3cc2O)c1O. The van der Waals surface area contributed by atoms with E-state index in [9.17, 15) is 20.1 Å². The standard InChI is InChI=1S/C19H17N3O4/c1-11-18(25)16(14(10-23)8-20-11)9-21-22-19(26)15-6-12-4-2-3-5-13(12)7-17(15)24/h2-9,23-25H,10H2,1H3,(H,22,26)/b21-9+. The molecule has 0 spiro atoms. The Labute approximate surface area is 149 Å². The van der Waals surface area contributed by atoms with Crippen LogP contribution >= 0.6 is 0 Å². The molecule has 0 aliphatic rings. The molecule has 0 saturated heterocycles. The van der Waals surface area contributed by atoms with Crippen LogP contribution in [0.25, 0.3) is 10.8 Å². The van der Waals surface area contributed by atoms with E-state index in [1.807, 2.05) is 24.3 Å². The van der Waals surface area contributed by atoms with Gasteiger partial charge in [-0.05, 0) is 29.8 Å². The summed E-state index contributed by atoms with van der Waals surface area (Å²) in [7, 11) is 0. The number of carbonyl (C=O) groups excluding carboxylic acids is 1. The minimum atomic E-state index is -0.597. The van der Waals surface area contributed by atoms with E-state index in [1.165, 1.54) is 18.5 Å². The summed E-state index contributed by atoms with van der Waals surface area (Å²) in [5, 5.41) is 34.9. The number of hydrazone groups is 1. The summed E-state index contributed by atoms with van der Waals surface area (Å²) < 4.78 is 0. The van der Waals surface area contributed by atoms with Crippen LogP contribution in [0.15, 0.2) is 47.7 Å². The van der Waals surface area contributed by atoms with E-state index in [4.69, 9.17) is 0 Å². The van der Waals surface area contributed by atoms with Gasteiger partial charge in [-0.15, -0.1) is 0 Å². The summed E-state index contributed by atoms with van der Waals surface area (Å²) in [4.78, 5) is 16.2. The number of carbonyl (C=O) groups is 1. The number of hydrogen-bond acceptors (Lipinski definition) is 6. The Morgan fingerprint density at radius 2 is 1.92 bits per heavy atom. The zero-order valence-electron chi connectivity index (χ0n) is 14.0. The van der Waals surface area contributed by atoms with Crippen LogP contribution in [0.4, 0.5) is 0 Å². The molecule has 2 aromatic carbocycles. The fourth-order valence-corrected chi connectivity index (χ4v) is 2.55. The first kappa shape index (κ1) is 17.4. The van der Waals surface area contributed by atoms with Crippen molar-refractivity contribution in [3.63, 3.8) is 0 Å². The van der Waals surface area contributed by atoms with E-state index in [0.717, 1.165) is 10.8 Å². The highest BCUT2D eigenvalue weighted by Gasteiger charge is 2.13. The van der Waals surface area contributed by atoms with E-state index < -0.39 is 5.91 Å². The van der Waals surface area contributed by atoms with Crippen molar-refractivity contribution in [2.75, 3.05) is 0 Å². The highest BCUT2D eigenvalue weighted by Crippen LogP contribution is 2.25. The summed E-state index contributed by atoms with van der Waals surface area (Å²) in [5.41, 5.74) is 3.41. The summed E-state index contributed by atoms with van der Waals surface area (Å²) in [6, 6.07) is 10.4. The third kappa shape index (κ3) is 3.33. The molecule has 1 heterocycles. The number of aromatic hydroxyl groups is 2. The molecule has 0 atom stereocenters. The minimum Gasteiger partial charge on any atom is -0.507 e. The molecule has 132 valence electrons. The molecular formula is C19H17N3O4. The minimum absolute atomic E-state index is 0.0818. The van der Waals surface area contributed by atoms with Gasteiger partial charge < -0.3 is 15.3 Å². The van der Waals surface area contributed by atoms with E-state index in [2.05, 4.69) is 15.5 Å². The van der Waals surface area contributed by atoms with Gasteiger partial charge in [-0.2, -0.15) is 5.10 Å². The zero-order valence-corrected chi connectivity index (χ0v) is 14.0. The molecule has 0 bridgehead atoms. The topological polar surface area (TPSA) is 115 Å². The van der Waals surface area contributed by atoms with Crippen molar-refractivity contribution in [3.8, 4) is 11.5 Å². The number of aromatic nitrogens is 1. The highest BCUT2D eigenvalue weighted by molar-refractivity contribution is 6.01. The predicted molar refractivity (Wildman–Crippen MR) is 97.2 cm³/mol. The largest absolute Gasteiger partial charge is 0.507 e. The summed E-state index contributed by atoms with van der Waals surface area (Å²) >= 11 is 0. The third-order valence-electron chi connectivity index (χ3n) is 4.00. The lowest BCUT2D eigenvalue weighted by Crippen LogP contribution is -2.18. The predicted octanol–water partition coefficient (Wildman–Crippen LogP) is 2.21. The molecule has 26 heavy (non-hydrogen) atoms. The first-order valence-corrected chi connectivity index (χ1v) is 7.84. The highest BCUT2D eigenvalue weighted by atomic mass is 16.3. The normalized spacial score (nSPS) is 11.2. The van der Waals surface area contributed by atoms with Crippen LogP contribution in [0.2, 0.25) is 0 Å². The van der Waals surface area contributed by atoms with Crippen molar-refractivity contribution in [1.29, 1.82) is 0 Å². The lowest BCUT2D eigenvalue weighted by molar-refractivity contribution is 0.0952. The molecule has 7 nitrogen and oxygen atoms in total. The molecule has 0 aliphatic carbocycles. The Morgan fingerprint density at radius 3 is 2.62 bits per heavy atom. The number of phenols is 1. The van der Waals surface area contributed by atoms with Crippen molar-refractivity contribution in [3.05, 3.63) is 65.0 Å². The Kier molecular flexibility index (Phi) is 4.81. The maximum absolute atomic E-state index is 12.3. The molecule has 1 aromatic heterocycles. The van der Waals surface area contributed by atoms with E-state index >= 15 is 0 Å². The van der Waals surface area contributed by atoms with Gasteiger partial charge in [0.2, 0.25) is 0 Å². The van der Waals surface area contributed by atoms with Gasteiger partial charge in [-0.3, -0.25) is 9.78 Å². The second-order valence-corrected chi connectivity index (χ2v) is 5.70. The molecule has 3 aromatic rings. The first-order chi connectivity index (χ1) is 12.5. The smallest absolute Gasteiger partial charge is 0.275 e. The molecule has 0 unspecified atom stereocenters. The molecule has 4 N–H and O–H groups in total. The van der Waals surface area contributed by atoms with Gasteiger partial charge in [-0.1, -0.05) is 24.3 Å². The van der Waals surface area contributed by atoms with Gasteiger partial charge in [0.05, 0.1) is 24.1 Å². The van der Waals surface area contributed by atoms with Crippen molar-refractivity contribution < 1.29 is 20.1 Å². The van der Waals surface area contributed by atoms with Gasteiger partial charge in [0.25, 0.3) is 5.91 Å². The van der Waals surface area contributed by atoms with Crippen LogP contribution in [0.3, 0.4) is 0 Å². The summed E-state index contributed by atoms with van der Waals surface area (Å²) in [6.07, 6.45) is 2.65. The first-order valence-electron chi connectivity index (χ1n) is 7.84. The maximum Gasteiger partial charge on any atom is 0.275 e. The average molecular weight is 351 g/mol. The number of amides is 1. The number of fused-ring (bicyclic) bond motifs is 1. The molecule has 0 fully saturated rings. The van der Waals surface area contributed by atoms with Gasteiger partial charge >= 0.3 is 0 Å². The van der Waals surface area contributed by atoms with Gasteiger partial charge in [0.1, 0.15) is 11.5 Å². The lowest BCUT2D eigenvalue weighted by Gasteiger charge is -2.08. The van der Waals surface area contributed by atoms with Gasteiger partial charge in [-0.25, -0.2) is 5.43 Å². The second kappa shape index (κ2) is 7.20. The number of phenolic OH excluding ortho intramolecular Hbond substituents is 1. The van der Waals surface area contributed by atoms with E-state index in [0.29, 0.717) is 11.3 Å². The van der Waals surface area contributed by atoms with E-state index in [1.54, 1.807) is 13.0 Å². The van der Waals surface area contributed by atoms with E-state index in [-0.39, 0.29) is 29.2 Å². The Hall–Kier alpha value is -3.45. The number of rotatable bonds is 4. The number of aliphatic hydroxyl groups is 1. The molecule has 0 aliphatic heterocycles. The molecule has 1 amide bonds.